The van der Waals surface area contributed by atoms with E-state index >= 15 is 0 Å². The Balaban J connectivity index is 1.95. The predicted octanol–water partition coefficient (Wildman–Crippen LogP) is 5.58. The standard InChI is InChI=1S/C20H25N/c1-3-9-17(2)20(13-7-4-8-14-20)16-21-15-12-18-10-5-6-11-19(18)21/h4-8,10-13,15,17H,3,9,14,16H2,1-2H3. The van der Waals surface area contributed by atoms with Crippen molar-refractivity contribution in [1.82, 2.24) is 4.57 Å². The average Bonchev–Trinajstić information content (AvgIpc) is 2.92. The molecule has 0 saturated carbocycles. The lowest BCUT2D eigenvalue weighted by molar-refractivity contribution is 0.199. The van der Waals surface area contributed by atoms with Crippen molar-refractivity contribution in [3.05, 3.63) is 60.8 Å². The van der Waals surface area contributed by atoms with Crippen LogP contribution in [0.25, 0.3) is 10.9 Å². The van der Waals surface area contributed by atoms with E-state index in [0.717, 1.165) is 13.0 Å². The van der Waals surface area contributed by atoms with Gasteiger partial charge < -0.3 is 4.57 Å². The number of para-hydroxylation sites is 1. The molecule has 0 bridgehead atoms. The van der Waals surface area contributed by atoms with Gasteiger partial charge in [-0.25, -0.2) is 0 Å². The maximum absolute atomic E-state index is 2.45. The molecule has 0 fully saturated rings. The van der Waals surface area contributed by atoms with Crippen molar-refractivity contribution in [1.29, 1.82) is 0 Å². The summed E-state index contributed by atoms with van der Waals surface area (Å²) in [6, 6.07) is 10.9. The van der Waals surface area contributed by atoms with Crippen molar-refractivity contribution in [2.24, 2.45) is 11.3 Å². The molecule has 1 aliphatic rings. The molecule has 1 heterocycles. The van der Waals surface area contributed by atoms with Crippen LogP contribution in [0.4, 0.5) is 0 Å². The van der Waals surface area contributed by atoms with Crippen molar-refractivity contribution in [2.75, 3.05) is 0 Å². The fraction of sp³-hybridized carbons (Fsp3) is 0.400. The molecule has 0 amide bonds. The van der Waals surface area contributed by atoms with Crippen LogP contribution in [0, 0.1) is 11.3 Å². The first kappa shape index (κ1) is 14.2. The summed E-state index contributed by atoms with van der Waals surface area (Å²) in [5, 5.41) is 1.34. The van der Waals surface area contributed by atoms with Crippen molar-refractivity contribution < 1.29 is 0 Å². The molecule has 0 saturated heterocycles. The summed E-state index contributed by atoms with van der Waals surface area (Å²) in [6.07, 6.45) is 15.1. The molecule has 1 nitrogen and oxygen atoms in total. The molecule has 2 unspecified atom stereocenters. The lowest BCUT2D eigenvalue weighted by Crippen LogP contribution is -2.32. The molecule has 0 radical (unpaired) electrons. The molecule has 1 aromatic heterocycles. The fourth-order valence-corrected chi connectivity index (χ4v) is 3.64. The molecule has 2 aromatic rings. The SMILES string of the molecule is CCCC(C)C1(Cn2ccc3ccccc32)C=CC=CC1. The summed E-state index contributed by atoms with van der Waals surface area (Å²) in [4.78, 5) is 0. The van der Waals surface area contributed by atoms with Crippen LogP contribution >= 0.6 is 0 Å². The van der Waals surface area contributed by atoms with Crippen LogP contribution in [0.15, 0.2) is 60.8 Å². The zero-order valence-corrected chi connectivity index (χ0v) is 13.1. The fourth-order valence-electron chi connectivity index (χ4n) is 3.64. The second-order valence-corrected chi connectivity index (χ2v) is 6.42. The van der Waals surface area contributed by atoms with Gasteiger partial charge in [-0.15, -0.1) is 0 Å². The van der Waals surface area contributed by atoms with Crippen molar-refractivity contribution in [2.45, 2.75) is 39.7 Å². The summed E-state index contributed by atoms with van der Waals surface area (Å²) in [7, 11) is 0. The predicted molar refractivity (Wildman–Crippen MR) is 91.3 cm³/mol. The maximum Gasteiger partial charge on any atom is 0.0480 e. The Morgan fingerprint density at radius 2 is 2.05 bits per heavy atom. The third-order valence-electron chi connectivity index (χ3n) is 5.02. The van der Waals surface area contributed by atoms with E-state index in [-0.39, 0.29) is 5.41 Å². The van der Waals surface area contributed by atoms with Crippen LogP contribution in [0.1, 0.15) is 33.1 Å². The molecular formula is C20H25N. The number of aromatic nitrogens is 1. The van der Waals surface area contributed by atoms with Crippen LogP contribution in [0.2, 0.25) is 0 Å². The van der Waals surface area contributed by atoms with Gasteiger partial charge in [0, 0.05) is 23.7 Å². The molecule has 0 N–H and O–H groups in total. The Morgan fingerprint density at radius 3 is 2.81 bits per heavy atom. The number of hydrogen-bond acceptors (Lipinski definition) is 0. The largest absolute Gasteiger partial charge is 0.347 e. The number of allylic oxidation sites excluding steroid dienone is 4. The summed E-state index contributed by atoms with van der Waals surface area (Å²) in [5.74, 6) is 0.699. The Hall–Kier alpha value is -1.76. The Morgan fingerprint density at radius 1 is 1.19 bits per heavy atom. The monoisotopic (exact) mass is 279 g/mol. The minimum atomic E-state index is 0.256. The topological polar surface area (TPSA) is 4.93 Å². The van der Waals surface area contributed by atoms with E-state index in [2.05, 4.69) is 79.2 Å². The normalized spacial score (nSPS) is 22.8. The Bertz CT molecular complexity index is 661. The molecule has 0 spiro atoms. The van der Waals surface area contributed by atoms with E-state index in [1.54, 1.807) is 0 Å². The van der Waals surface area contributed by atoms with Crippen LogP contribution in [0.3, 0.4) is 0 Å². The van der Waals surface area contributed by atoms with E-state index in [1.165, 1.54) is 23.7 Å². The smallest absolute Gasteiger partial charge is 0.0480 e. The summed E-state index contributed by atoms with van der Waals surface area (Å²) < 4.78 is 2.44. The molecule has 2 atom stereocenters. The molecule has 21 heavy (non-hydrogen) atoms. The summed E-state index contributed by atoms with van der Waals surface area (Å²) in [5.41, 5.74) is 1.61. The van der Waals surface area contributed by atoms with E-state index in [9.17, 15) is 0 Å². The number of nitrogens with zero attached hydrogens (tertiary/aromatic N) is 1. The van der Waals surface area contributed by atoms with Gasteiger partial charge in [0.05, 0.1) is 0 Å². The van der Waals surface area contributed by atoms with E-state index < -0.39 is 0 Å². The highest BCUT2D eigenvalue weighted by Crippen LogP contribution is 2.41. The van der Waals surface area contributed by atoms with Gasteiger partial charge in [0.2, 0.25) is 0 Å². The van der Waals surface area contributed by atoms with Gasteiger partial charge in [-0.2, -0.15) is 0 Å². The molecule has 3 rings (SSSR count). The molecule has 110 valence electrons. The van der Waals surface area contributed by atoms with Crippen LogP contribution in [0.5, 0.6) is 0 Å². The number of benzene rings is 1. The third-order valence-corrected chi connectivity index (χ3v) is 5.02. The molecule has 0 aliphatic heterocycles. The van der Waals surface area contributed by atoms with Crippen molar-refractivity contribution in [3.8, 4) is 0 Å². The molecule has 1 aliphatic carbocycles. The highest BCUT2D eigenvalue weighted by Gasteiger charge is 2.33. The lowest BCUT2D eigenvalue weighted by atomic mass is 9.70. The quantitative estimate of drug-likeness (QED) is 0.673. The second kappa shape index (κ2) is 5.93. The average molecular weight is 279 g/mol. The van der Waals surface area contributed by atoms with Gasteiger partial charge in [-0.3, -0.25) is 0 Å². The number of hydrogen-bond donors (Lipinski definition) is 0. The first-order valence-electron chi connectivity index (χ1n) is 8.13. The molecule has 1 aromatic carbocycles. The van der Waals surface area contributed by atoms with E-state index in [1.807, 2.05) is 0 Å². The maximum atomic E-state index is 2.45. The first-order valence-corrected chi connectivity index (χ1v) is 8.13. The van der Waals surface area contributed by atoms with Crippen LogP contribution in [-0.2, 0) is 6.54 Å². The Labute approximate surface area is 128 Å². The van der Waals surface area contributed by atoms with Crippen molar-refractivity contribution >= 4 is 10.9 Å². The highest BCUT2D eigenvalue weighted by atomic mass is 15.0. The van der Waals surface area contributed by atoms with Crippen LogP contribution in [-0.4, -0.2) is 4.57 Å². The number of rotatable bonds is 5. The Kier molecular flexibility index (Phi) is 4.01. The molecular weight excluding hydrogens is 254 g/mol. The van der Waals surface area contributed by atoms with Gasteiger partial charge >= 0.3 is 0 Å². The minimum Gasteiger partial charge on any atom is -0.347 e. The zero-order valence-electron chi connectivity index (χ0n) is 13.1. The minimum absolute atomic E-state index is 0.256. The highest BCUT2D eigenvalue weighted by molar-refractivity contribution is 5.79. The van der Waals surface area contributed by atoms with Crippen molar-refractivity contribution in [3.63, 3.8) is 0 Å². The lowest BCUT2D eigenvalue weighted by Gasteiger charge is -2.38. The number of fused-ring (bicyclic) bond motifs is 1. The third kappa shape index (κ3) is 2.70. The van der Waals surface area contributed by atoms with E-state index in [0.29, 0.717) is 5.92 Å². The summed E-state index contributed by atoms with van der Waals surface area (Å²) in [6.45, 7) is 5.78. The van der Waals surface area contributed by atoms with Crippen LogP contribution < -0.4 is 0 Å². The van der Waals surface area contributed by atoms with E-state index in [4.69, 9.17) is 0 Å². The molecule has 1 heteroatoms. The zero-order chi connectivity index (χ0) is 14.7. The summed E-state index contributed by atoms with van der Waals surface area (Å²) >= 11 is 0. The van der Waals surface area contributed by atoms with Gasteiger partial charge in [-0.05, 0) is 29.9 Å². The van der Waals surface area contributed by atoms with Gasteiger partial charge in [0.15, 0.2) is 0 Å². The van der Waals surface area contributed by atoms with Gasteiger partial charge in [0.1, 0.15) is 0 Å². The van der Waals surface area contributed by atoms with Gasteiger partial charge in [0.25, 0.3) is 0 Å². The second-order valence-electron chi connectivity index (χ2n) is 6.42. The van der Waals surface area contributed by atoms with Gasteiger partial charge in [-0.1, -0.05) is 69.2 Å². The first-order chi connectivity index (χ1) is 10.2.